The maximum Gasteiger partial charge on any atom is 0.211 e. The summed E-state index contributed by atoms with van der Waals surface area (Å²) in [5.41, 5.74) is 1.43. The van der Waals surface area contributed by atoms with E-state index in [0.29, 0.717) is 31.9 Å². The smallest absolute Gasteiger partial charge is 0.211 e. The van der Waals surface area contributed by atoms with E-state index >= 15 is 0 Å². The Hall–Kier alpha value is -2.14. The van der Waals surface area contributed by atoms with Gasteiger partial charge in [0.25, 0.3) is 0 Å². The number of hydrogen-bond acceptors (Lipinski definition) is 3. The van der Waals surface area contributed by atoms with E-state index in [0.717, 1.165) is 0 Å². The second-order valence-corrected chi connectivity index (χ2v) is 6.15. The first-order chi connectivity index (χ1) is 11.5. The normalized spacial score (nSPS) is 11.5. The lowest BCUT2D eigenvalue weighted by molar-refractivity contribution is 0.105. The molecule has 0 atom stereocenters. The highest BCUT2D eigenvalue weighted by molar-refractivity contribution is 6.36. The van der Waals surface area contributed by atoms with Crippen molar-refractivity contribution in [2.75, 3.05) is 0 Å². The first-order valence-electron chi connectivity index (χ1n) is 6.86. The second-order valence-electron chi connectivity index (χ2n) is 4.87. The summed E-state index contributed by atoms with van der Waals surface area (Å²) in [7, 11) is 0. The van der Waals surface area contributed by atoms with Crippen LogP contribution < -0.4 is 0 Å². The molecule has 0 amide bonds. The van der Waals surface area contributed by atoms with Crippen LogP contribution >= 0.6 is 34.8 Å². The van der Waals surface area contributed by atoms with E-state index in [2.05, 4.69) is 10.1 Å². The average molecular weight is 379 g/mol. The van der Waals surface area contributed by atoms with Gasteiger partial charge in [-0.3, -0.25) is 4.79 Å². The molecule has 1 heterocycles. The van der Waals surface area contributed by atoms with Crippen molar-refractivity contribution < 1.29 is 4.79 Å². The molecule has 0 saturated carbocycles. The van der Waals surface area contributed by atoms with Crippen LogP contribution in [0.2, 0.25) is 15.1 Å². The van der Waals surface area contributed by atoms with E-state index in [1.54, 1.807) is 48.5 Å². The van der Waals surface area contributed by atoms with Crippen LogP contribution in [0.5, 0.6) is 0 Å². The minimum Gasteiger partial charge on any atom is -0.287 e. The summed E-state index contributed by atoms with van der Waals surface area (Å²) in [5, 5.41) is 5.55. The van der Waals surface area contributed by atoms with Crippen LogP contribution in [0, 0.1) is 0 Å². The number of allylic oxidation sites excluding steroid dienone is 1. The molecule has 4 nitrogen and oxygen atoms in total. The number of Topliss-reactive ketones (excluding diaryl/α,β-unsaturated/α-hetero) is 1. The van der Waals surface area contributed by atoms with E-state index in [1.165, 1.54) is 17.3 Å². The predicted octanol–water partition coefficient (Wildman–Crippen LogP) is 5.12. The van der Waals surface area contributed by atoms with Gasteiger partial charge in [0.05, 0.1) is 0 Å². The van der Waals surface area contributed by atoms with Crippen LogP contribution in [0.3, 0.4) is 0 Å². The van der Waals surface area contributed by atoms with Gasteiger partial charge in [0, 0.05) is 20.6 Å². The maximum atomic E-state index is 12.9. The van der Waals surface area contributed by atoms with Gasteiger partial charge >= 0.3 is 0 Å². The van der Waals surface area contributed by atoms with Gasteiger partial charge in [-0.25, -0.2) is 9.67 Å². The van der Waals surface area contributed by atoms with Gasteiger partial charge in [0.1, 0.15) is 18.4 Å². The van der Waals surface area contributed by atoms with E-state index in [-0.39, 0.29) is 5.78 Å². The molecule has 120 valence electrons. The molecular weight excluding hydrogens is 369 g/mol. The lowest BCUT2D eigenvalue weighted by Gasteiger charge is -2.08. The first-order valence-corrected chi connectivity index (χ1v) is 8.00. The van der Waals surface area contributed by atoms with Crippen molar-refractivity contribution in [3.63, 3.8) is 0 Å². The number of halogens is 3. The zero-order valence-electron chi connectivity index (χ0n) is 12.2. The molecule has 2 aromatic carbocycles. The van der Waals surface area contributed by atoms with Crippen molar-refractivity contribution >= 4 is 52.4 Å². The Morgan fingerprint density at radius 2 is 1.71 bits per heavy atom. The minimum absolute atomic E-state index is 0.233. The Labute approximate surface area is 153 Å². The molecular formula is C17H10Cl3N3O. The third kappa shape index (κ3) is 3.67. The van der Waals surface area contributed by atoms with Crippen LogP contribution in [-0.2, 0) is 0 Å². The summed E-state index contributed by atoms with van der Waals surface area (Å²) >= 11 is 18.0. The van der Waals surface area contributed by atoms with Gasteiger partial charge in [0.15, 0.2) is 0 Å². The van der Waals surface area contributed by atoms with Gasteiger partial charge < -0.3 is 0 Å². The Morgan fingerprint density at radius 3 is 2.33 bits per heavy atom. The predicted molar refractivity (Wildman–Crippen MR) is 96.4 cm³/mol. The maximum absolute atomic E-state index is 12.9. The van der Waals surface area contributed by atoms with Crippen molar-refractivity contribution in [3.05, 3.63) is 81.3 Å². The molecule has 0 fully saturated rings. The van der Waals surface area contributed by atoms with Crippen LogP contribution in [0.4, 0.5) is 0 Å². The van der Waals surface area contributed by atoms with Gasteiger partial charge in [-0.05, 0) is 48.0 Å². The molecule has 0 spiro atoms. The van der Waals surface area contributed by atoms with Gasteiger partial charge in [-0.2, -0.15) is 5.10 Å². The second kappa shape index (κ2) is 7.18. The number of ketones is 1. The highest BCUT2D eigenvalue weighted by Gasteiger charge is 2.16. The summed E-state index contributed by atoms with van der Waals surface area (Å²) < 4.78 is 1.39. The highest BCUT2D eigenvalue weighted by atomic mass is 35.5. The molecule has 7 heteroatoms. The lowest BCUT2D eigenvalue weighted by Crippen LogP contribution is -2.10. The molecule has 3 rings (SSSR count). The fourth-order valence-electron chi connectivity index (χ4n) is 2.08. The summed E-state index contributed by atoms with van der Waals surface area (Å²) in [6.07, 6.45) is 4.44. The third-order valence-corrected chi connectivity index (χ3v) is 4.07. The molecule has 0 N–H and O–H groups in total. The van der Waals surface area contributed by atoms with Crippen molar-refractivity contribution in [2.24, 2.45) is 0 Å². The van der Waals surface area contributed by atoms with Crippen molar-refractivity contribution in [3.8, 4) is 0 Å². The topological polar surface area (TPSA) is 47.8 Å². The number of carbonyl (C=O) groups excluding carboxylic acids is 1. The Kier molecular flexibility index (Phi) is 5.00. The van der Waals surface area contributed by atoms with Crippen LogP contribution in [0.25, 0.3) is 11.8 Å². The zero-order chi connectivity index (χ0) is 17.1. The molecule has 0 aliphatic carbocycles. The van der Waals surface area contributed by atoms with Crippen LogP contribution in [0.15, 0.2) is 55.1 Å². The van der Waals surface area contributed by atoms with E-state index in [9.17, 15) is 4.79 Å². The fourth-order valence-corrected chi connectivity index (χ4v) is 2.67. The molecule has 3 aromatic rings. The summed E-state index contributed by atoms with van der Waals surface area (Å²) in [6.45, 7) is 0. The van der Waals surface area contributed by atoms with Crippen molar-refractivity contribution in [2.45, 2.75) is 0 Å². The fraction of sp³-hybridized carbons (Fsp3) is 0. The van der Waals surface area contributed by atoms with Gasteiger partial charge in [-0.15, -0.1) is 0 Å². The van der Waals surface area contributed by atoms with Crippen molar-refractivity contribution in [1.29, 1.82) is 0 Å². The molecule has 0 aliphatic rings. The number of benzene rings is 2. The van der Waals surface area contributed by atoms with E-state index in [4.69, 9.17) is 34.8 Å². The molecule has 0 radical (unpaired) electrons. The zero-order valence-corrected chi connectivity index (χ0v) is 14.4. The van der Waals surface area contributed by atoms with Crippen LogP contribution in [-0.4, -0.2) is 20.5 Å². The standard InChI is InChI=1S/C17H10Cl3N3O/c18-13-4-1-11(2-5-13)17(24)16(23-10-21-9-22-23)7-12-3-6-14(19)8-15(12)20/h1-10H/b16-7-. The van der Waals surface area contributed by atoms with Gasteiger partial charge in [0.2, 0.25) is 5.78 Å². The monoisotopic (exact) mass is 377 g/mol. The van der Waals surface area contributed by atoms with E-state index < -0.39 is 0 Å². The SMILES string of the molecule is O=C(/C(=C/c1ccc(Cl)cc1Cl)n1cncn1)c1ccc(Cl)cc1. The molecule has 24 heavy (non-hydrogen) atoms. The molecule has 0 unspecified atom stereocenters. The highest BCUT2D eigenvalue weighted by Crippen LogP contribution is 2.25. The summed E-state index contributed by atoms with van der Waals surface area (Å²) in [5.74, 6) is -0.233. The number of aromatic nitrogens is 3. The van der Waals surface area contributed by atoms with E-state index in [1.807, 2.05) is 0 Å². The quantitative estimate of drug-likeness (QED) is 0.467. The lowest BCUT2D eigenvalue weighted by atomic mass is 10.1. The molecule has 1 aromatic heterocycles. The third-order valence-electron chi connectivity index (χ3n) is 3.26. The van der Waals surface area contributed by atoms with Crippen LogP contribution in [0.1, 0.15) is 15.9 Å². The van der Waals surface area contributed by atoms with Gasteiger partial charge in [-0.1, -0.05) is 40.9 Å². The first kappa shape index (κ1) is 16.7. The average Bonchev–Trinajstić information content (AvgIpc) is 3.08. The molecule has 0 aliphatic heterocycles. The minimum atomic E-state index is -0.233. The largest absolute Gasteiger partial charge is 0.287 e. The molecule has 0 bridgehead atoms. The Bertz CT molecular complexity index is 903. The summed E-state index contributed by atoms with van der Waals surface area (Å²) in [6, 6.07) is 11.7. The molecule has 0 saturated heterocycles. The van der Waals surface area contributed by atoms with Crippen molar-refractivity contribution in [1.82, 2.24) is 14.8 Å². The Morgan fingerprint density at radius 1 is 1.00 bits per heavy atom. The Balaban J connectivity index is 2.08. The number of carbonyl (C=O) groups is 1. The number of rotatable bonds is 4. The number of nitrogens with zero attached hydrogens (tertiary/aromatic N) is 3. The number of hydrogen-bond donors (Lipinski definition) is 0. The summed E-state index contributed by atoms with van der Waals surface area (Å²) in [4.78, 5) is 16.8.